The topological polar surface area (TPSA) is 94.2 Å². The van der Waals surface area contributed by atoms with Crippen molar-refractivity contribution >= 4 is 5.65 Å². The molecule has 0 spiro atoms. The third kappa shape index (κ3) is 0.894. The van der Waals surface area contributed by atoms with Gasteiger partial charge in [-0.15, -0.1) is 0 Å². The summed E-state index contributed by atoms with van der Waals surface area (Å²) >= 11 is 0. The highest BCUT2D eigenvalue weighted by Crippen LogP contribution is 2.10. The molecule has 0 radical (unpaired) electrons. The number of nitrogens with zero attached hydrogens (tertiary/aromatic N) is 3. The molecule has 0 amide bonds. The van der Waals surface area contributed by atoms with Crippen molar-refractivity contribution in [2.45, 2.75) is 6.92 Å². The van der Waals surface area contributed by atoms with Crippen LogP contribution in [0.2, 0.25) is 0 Å². The molecule has 0 aliphatic heterocycles. The zero-order valence-electron chi connectivity index (χ0n) is 7.27. The zero-order chi connectivity index (χ0) is 10.3. The van der Waals surface area contributed by atoms with Crippen LogP contribution in [0.25, 0.3) is 5.65 Å². The minimum absolute atomic E-state index is 0.214. The van der Waals surface area contributed by atoms with Crippen LogP contribution in [0.15, 0.2) is 11.0 Å². The van der Waals surface area contributed by atoms with Crippen LogP contribution in [0.3, 0.4) is 0 Å². The van der Waals surface area contributed by atoms with Gasteiger partial charge in [0.1, 0.15) is 11.6 Å². The Morgan fingerprint density at radius 3 is 3.07 bits per heavy atom. The molecule has 2 rings (SSSR count). The first-order chi connectivity index (χ1) is 6.65. The van der Waals surface area contributed by atoms with Gasteiger partial charge in [0.25, 0.3) is 0 Å². The van der Waals surface area contributed by atoms with Gasteiger partial charge in [-0.05, 0) is 6.92 Å². The summed E-state index contributed by atoms with van der Waals surface area (Å²) in [6.07, 6.45) is 1.36. The Morgan fingerprint density at radius 1 is 1.71 bits per heavy atom. The number of fused-ring (bicyclic) bond motifs is 1. The van der Waals surface area contributed by atoms with Gasteiger partial charge in [-0.25, -0.2) is 4.98 Å². The van der Waals surface area contributed by atoms with Crippen molar-refractivity contribution in [2.75, 3.05) is 0 Å². The van der Waals surface area contributed by atoms with Crippen molar-refractivity contribution in [2.24, 2.45) is 0 Å². The summed E-state index contributed by atoms with van der Waals surface area (Å²) in [5.74, 6) is -0.408. The highest BCUT2D eigenvalue weighted by Gasteiger charge is 2.11. The molecule has 14 heavy (non-hydrogen) atoms. The monoisotopic (exact) mass is 190 g/mol. The van der Waals surface area contributed by atoms with E-state index >= 15 is 0 Å². The lowest BCUT2D eigenvalue weighted by molar-refractivity contribution is 0.455. The van der Waals surface area contributed by atoms with Crippen LogP contribution in [-0.4, -0.2) is 19.7 Å². The molecule has 70 valence electrons. The summed E-state index contributed by atoms with van der Waals surface area (Å²) in [7, 11) is 0. The van der Waals surface area contributed by atoms with Crippen LogP contribution < -0.4 is 5.56 Å². The van der Waals surface area contributed by atoms with Gasteiger partial charge in [-0.2, -0.15) is 9.78 Å². The lowest BCUT2D eigenvalue weighted by Gasteiger charge is -1.97. The molecule has 0 aliphatic rings. The van der Waals surface area contributed by atoms with Crippen molar-refractivity contribution in [3.8, 4) is 11.8 Å². The summed E-state index contributed by atoms with van der Waals surface area (Å²) in [5, 5.41) is 20.5. The van der Waals surface area contributed by atoms with Crippen molar-refractivity contribution in [3.05, 3.63) is 27.8 Å². The number of nitrogens with one attached hydrogen (secondary N) is 1. The van der Waals surface area contributed by atoms with E-state index in [1.807, 2.05) is 6.07 Å². The van der Waals surface area contributed by atoms with Gasteiger partial charge in [-0.3, -0.25) is 9.89 Å². The highest BCUT2D eigenvalue weighted by atomic mass is 16.3. The van der Waals surface area contributed by atoms with Gasteiger partial charge in [0, 0.05) is 6.20 Å². The number of hydrogen-bond acceptors (Lipinski definition) is 4. The molecule has 6 heteroatoms. The molecule has 0 saturated heterocycles. The standard InChI is InChI=1S/C8H6N4O2/c1-4-6(13)8(14)12-7(11-4)5(2-9)3-10-12/h3,10,13H,1H3. The predicted octanol–water partition coefficient (Wildman–Crippen LogP) is -0.0917. The number of hydrogen-bond donors (Lipinski definition) is 2. The van der Waals surface area contributed by atoms with Gasteiger partial charge in [-0.1, -0.05) is 0 Å². The van der Waals surface area contributed by atoms with Gasteiger partial charge in [0.2, 0.25) is 5.75 Å². The fourth-order valence-corrected chi connectivity index (χ4v) is 1.20. The maximum absolute atomic E-state index is 11.4. The molecular weight excluding hydrogens is 184 g/mol. The Morgan fingerprint density at radius 2 is 2.43 bits per heavy atom. The second-order valence-corrected chi connectivity index (χ2v) is 2.81. The van der Waals surface area contributed by atoms with E-state index in [0.717, 1.165) is 4.52 Å². The number of aromatic hydroxyl groups is 1. The number of aromatic amines is 1. The Labute approximate surface area is 78.0 Å². The van der Waals surface area contributed by atoms with E-state index < -0.39 is 11.3 Å². The van der Waals surface area contributed by atoms with Crippen LogP contribution >= 0.6 is 0 Å². The summed E-state index contributed by atoms with van der Waals surface area (Å²) in [6.45, 7) is 1.50. The molecule has 2 N–H and O–H groups in total. The molecule has 6 nitrogen and oxygen atoms in total. The second-order valence-electron chi connectivity index (χ2n) is 2.81. The maximum atomic E-state index is 11.4. The number of H-pyrrole nitrogens is 1. The first-order valence-electron chi connectivity index (χ1n) is 3.85. The molecule has 0 bridgehead atoms. The van der Waals surface area contributed by atoms with Crippen LogP contribution in [0, 0.1) is 18.3 Å². The van der Waals surface area contributed by atoms with Crippen LogP contribution in [0.1, 0.15) is 11.3 Å². The first-order valence-corrected chi connectivity index (χ1v) is 3.85. The first kappa shape index (κ1) is 8.31. The fraction of sp³-hybridized carbons (Fsp3) is 0.125. The van der Waals surface area contributed by atoms with Crippen LogP contribution in [0.4, 0.5) is 0 Å². The fourth-order valence-electron chi connectivity index (χ4n) is 1.20. The lowest BCUT2D eigenvalue weighted by Crippen LogP contribution is -2.15. The molecule has 2 heterocycles. The number of aromatic nitrogens is 3. The minimum atomic E-state index is -0.603. The Kier molecular flexibility index (Phi) is 1.54. The summed E-state index contributed by atoms with van der Waals surface area (Å²) in [4.78, 5) is 15.3. The van der Waals surface area contributed by atoms with E-state index in [9.17, 15) is 9.90 Å². The Bertz CT molecular complexity index is 602. The smallest absolute Gasteiger partial charge is 0.315 e. The number of rotatable bonds is 0. The van der Waals surface area contributed by atoms with E-state index in [2.05, 4.69) is 10.1 Å². The number of aryl methyl sites for hydroxylation is 1. The van der Waals surface area contributed by atoms with Gasteiger partial charge in [0.15, 0.2) is 5.65 Å². The quantitative estimate of drug-likeness (QED) is 0.606. The molecule has 0 unspecified atom stereocenters. The van der Waals surface area contributed by atoms with Gasteiger partial charge < -0.3 is 5.11 Å². The van der Waals surface area contributed by atoms with Crippen LogP contribution in [0.5, 0.6) is 5.75 Å². The average Bonchev–Trinajstić information content (AvgIpc) is 2.57. The van der Waals surface area contributed by atoms with E-state index in [1.165, 1.54) is 13.1 Å². The van der Waals surface area contributed by atoms with Crippen molar-refractivity contribution in [1.29, 1.82) is 5.26 Å². The molecule has 0 saturated carbocycles. The third-order valence-corrected chi connectivity index (χ3v) is 1.93. The van der Waals surface area contributed by atoms with Crippen LogP contribution in [-0.2, 0) is 0 Å². The molecule has 0 fully saturated rings. The maximum Gasteiger partial charge on any atom is 0.315 e. The largest absolute Gasteiger partial charge is 0.502 e. The zero-order valence-corrected chi connectivity index (χ0v) is 7.27. The molecule has 2 aromatic heterocycles. The summed E-state index contributed by atoms with van der Waals surface area (Å²) < 4.78 is 1.03. The predicted molar refractivity (Wildman–Crippen MR) is 46.9 cm³/mol. The van der Waals surface area contributed by atoms with Gasteiger partial charge in [0.05, 0.1) is 5.69 Å². The Balaban J connectivity index is 3.03. The number of nitriles is 1. The second kappa shape index (κ2) is 2.60. The van der Waals surface area contributed by atoms with E-state index in [1.54, 1.807) is 0 Å². The normalized spacial score (nSPS) is 10.3. The van der Waals surface area contributed by atoms with E-state index in [0.29, 0.717) is 0 Å². The summed E-state index contributed by atoms with van der Waals surface area (Å²) in [6, 6.07) is 1.89. The van der Waals surface area contributed by atoms with Gasteiger partial charge >= 0.3 is 5.56 Å². The van der Waals surface area contributed by atoms with Crippen molar-refractivity contribution in [1.82, 2.24) is 14.6 Å². The summed E-state index contributed by atoms with van der Waals surface area (Å²) in [5.41, 5.74) is 0.109. The molecule has 2 aromatic rings. The highest BCUT2D eigenvalue weighted by molar-refractivity contribution is 5.54. The van der Waals surface area contributed by atoms with Crippen molar-refractivity contribution < 1.29 is 5.11 Å². The molecular formula is C8H6N4O2. The van der Waals surface area contributed by atoms with E-state index in [4.69, 9.17) is 5.26 Å². The third-order valence-electron chi connectivity index (χ3n) is 1.93. The molecule has 0 aromatic carbocycles. The average molecular weight is 190 g/mol. The van der Waals surface area contributed by atoms with E-state index in [-0.39, 0.29) is 16.9 Å². The SMILES string of the molecule is Cc1nc2c(C#N)c[nH]n2c(=O)c1O. The Hall–Kier alpha value is -2.29. The lowest BCUT2D eigenvalue weighted by atomic mass is 10.3. The molecule has 0 atom stereocenters. The molecule has 0 aliphatic carbocycles. The van der Waals surface area contributed by atoms with Crippen molar-refractivity contribution in [3.63, 3.8) is 0 Å². The minimum Gasteiger partial charge on any atom is -0.502 e.